The molecular formula is C16H26N2O. The number of benzene rings is 1. The van der Waals surface area contributed by atoms with Gasteiger partial charge in [0.25, 0.3) is 0 Å². The summed E-state index contributed by atoms with van der Waals surface area (Å²) in [6.07, 6.45) is 0.877. The van der Waals surface area contributed by atoms with E-state index in [1.807, 2.05) is 6.92 Å². The lowest BCUT2D eigenvalue weighted by molar-refractivity contribution is -0.120. The average molecular weight is 262 g/mol. The molecule has 0 aliphatic rings. The first-order valence-corrected chi connectivity index (χ1v) is 7.00. The van der Waals surface area contributed by atoms with Crippen LogP contribution in [0.15, 0.2) is 24.3 Å². The Bertz CT molecular complexity index is 390. The van der Waals surface area contributed by atoms with Crippen LogP contribution in [0.5, 0.6) is 0 Å². The molecule has 3 nitrogen and oxygen atoms in total. The topological polar surface area (TPSA) is 41.1 Å². The highest BCUT2D eigenvalue weighted by Crippen LogP contribution is 2.22. The van der Waals surface area contributed by atoms with Crippen LogP contribution in [0.25, 0.3) is 0 Å². The number of carbonyl (C=O) groups excluding carboxylic acids is 1. The van der Waals surface area contributed by atoms with Gasteiger partial charge < -0.3 is 10.6 Å². The molecule has 0 unspecified atom stereocenters. The van der Waals surface area contributed by atoms with Gasteiger partial charge in [-0.15, -0.1) is 0 Å². The van der Waals surface area contributed by atoms with Crippen LogP contribution in [0.2, 0.25) is 0 Å². The monoisotopic (exact) mass is 262 g/mol. The van der Waals surface area contributed by atoms with Crippen molar-refractivity contribution >= 4 is 5.91 Å². The van der Waals surface area contributed by atoms with Gasteiger partial charge in [0.15, 0.2) is 0 Å². The molecule has 1 aromatic rings. The van der Waals surface area contributed by atoms with Crippen molar-refractivity contribution in [1.29, 1.82) is 0 Å². The Balaban J connectivity index is 2.36. The standard InChI is InChI=1S/C16H26N2O/c1-5-17-12-15(19)18-11-10-13-6-8-14(9-7-13)16(2,3)4/h6-9,17H,5,10-12H2,1-4H3,(H,18,19). The van der Waals surface area contributed by atoms with E-state index in [0.29, 0.717) is 13.1 Å². The minimum Gasteiger partial charge on any atom is -0.355 e. The maximum absolute atomic E-state index is 11.4. The van der Waals surface area contributed by atoms with Gasteiger partial charge in [-0.2, -0.15) is 0 Å². The van der Waals surface area contributed by atoms with Crippen molar-refractivity contribution in [3.63, 3.8) is 0 Å². The molecule has 19 heavy (non-hydrogen) atoms. The van der Waals surface area contributed by atoms with Gasteiger partial charge in [-0.3, -0.25) is 4.79 Å². The first-order valence-electron chi connectivity index (χ1n) is 7.00. The smallest absolute Gasteiger partial charge is 0.233 e. The van der Waals surface area contributed by atoms with E-state index >= 15 is 0 Å². The van der Waals surface area contributed by atoms with Gasteiger partial charge in [0.05, 0.1) is 6.54 Å². The predicted molar refractivity (Wildman–Crippen MR) is 80.4 cm³/mol. The molecule has 0 atom stereocenters. The zero-order chi connectivity index (χ0) is 14.3. The molecule has 106 valence electrons. The Kier molecular flexibility index (Phi) is 6.03. The molecule has 1 amide bonds. The number of likely N-dealkylation sites (N-methyl/N-ethyl adjacent to an activating group) is 1. The second kappa shape index (κ2) is 7.29. The van der Waals surface area contributed by atoms with E-state index in [9.17, 15) is 4.79 Å². The van der Waals surface area contributed by atoms with E-state index in [1.54, 1.807) is 0 Å². The van der Waals surface area contributed by atoms with Gasteiger partial charge in [0.1, 0.15) is 0 Å². The summed E-state index contributed by atoms with van der Waals surface area (Å²) in [5.41, 5.74) is 2.79. The van der Waals surface area contributed by atoms with Crippen LogP contribution in [0.1, 0.15) is 38.8 Å². The summed E-state index contributed by atoms with van der Waals surface area (Å²) in [5.74, 6) is 0.0631. The Hall–Kier alpha value is -1.35. The van der Waals surface area contributed by atoms with E-state index < -0.39 is 0 Å². The first-order chi connectivity index (χ1) is 8.93. The Morgan fingerprint density at radius 1 is 1.16 bits per heavy atom. The molecule has 0 aromatic heterocycles. The molecule has 0 saturated carbocycles. The Morgan fingerprint density at radius 2 is 1.79 bits per heavy atom. The van der Waals surface area contributed by atoms with Crippen LogP contribution in [0.4, 0.5) is 0 Å². The van der Waals surface area contributed by atoms with Crippen LogP contribution in [0, 0.1) is 0 Å². The van der Waals surface area contributed by atoms with Crippen LogP contribution in [-0.2, 0) is 16.6 Å². The summed E-state index contributed by atoms with van der Waals surface area (Å²) < 4.78 is 0. The summed E-state index contributed by atoms with van der Waals surface area (Å²) in [6.45, 7) is 10.5. The third-order valence-corrected chi connectivity index (χ3v) is 3.09. The largest absolute Gasteiger partial charge is 0.355 e. The summed E-state index contributed by atoms with van der Waals surface area (Å²) in [5, 5.41) is 5.92. The quantitative estimate of drug-likeness (QED) is 0.825. The molecule has 1 aromatic carbocycles. The van der Waals surface area contributed by atoms with Crippen molar-refractivity contribution in [2.24, 2.45) is 0 Å². The minimum absolute atomic E-state index is 0.0631. The van der Waals surface area contributed by atoms with Crippen LogP contribution in [-0.4, -0.2) is 25.5 Å². The van der Waals surface area contributed by atoms with Crippen molar-refractivity contribution in [2.45, 2.75) is 39.5 Å². The summed E-state index contributed by atoms with van der Waals surface area (Å²) in [7, 11) is 0. The normalized spacial score (nSPS) is 11.4. The Morgan fingerprint density at radius 3 is 2.32 bits per heavy atom. The lowest BCUT2D eigenvalue weighted by Crippen LogP contribution is -2.34. The van der Waals surface area contributed by atoms with Gasteiger partial charge in [-0.25, -0.2) is 0 Å². The molecule has 0 bridgehead atoms. The second-order valence-electron chi connectivity index (χ2n) is 5.83. The average Bonchev–Trinajstić information content (AvgIpc) is 2.36. The molecule has 0 aliphatic heterocycles. The summed E-state index contributed by atoms with van der Waals surface area (Å²) in [6, 6.07) is 8.65. The van der Waals surface area contributed by atoms with Gasteiger partial charge in [-0.1, -0.05) is 52.0 Å². The van der Waals surface area contributed by atoms with Crippen LogP contribution in [0.3, 0.4) is 0 Å². The molecule has 0 fully saturated rings. The zero-order valence-electron chi connectivity index (χ0n) is 12.5. The second-order valence-corrected chi connectivity index (χ2v) is 5.83. The number of amides is 1. The van der Waals surface area contributed by atoms with Crippen molar-refractivity contribution < 1.29 is 4.79 Å². The molecule has 0 saturated heterocycles. The summed E-state index contributed by atoms with van der Waals surface area (Å²) in [4.78, 5) is 11.4. The highest BCUT2D eigenvalue weighted by atomic mass is 16.1. The molecule has 0 radical (unpaired) electrons. The fraction of sp³-hybridized carbons (Fsp3) is 0.562. The molecule has 1 rings (SSSR count). The number of carbonyl (C=O) groups is 1. The number of hydrogen-bond acceptors (Lipinski definition) is 2. The van der Waals surface area contributed by atoms with E-state index in [2.05, 4.69) is 55.7 Å². The Labute approximate surface area is 116 Å². The van der Waals surface area contributed by atoms with E-state index in [1.165, 1.54) is 11.1 Å². The van der Waals surface area contributed by atoms with E-state index in [4.69, 9.17) is 0 Å². The molecule has 0 aliphatic carbocycles. The fourth-order valence-corrected chi connectivity index (χ4v) is 1.82. The summed E-state index contributed by atoms with van der Waals surface area (Å²) >= 11 is 0. The van der Waals surface area contributed by atoms with Crippen molar-refractivity contribution in [2.75, 3.05) is 19.6 Å². The van der Waals surface area contributed by atoms with Crippen LogP contribution < -0.4 is 10.6 Å². The van der Waals surface area contributed by atoms with E-state index in [0.717, 1.165) is 13.0 Å². The molecule has 3 heteroatoms. The SMILES string of the molecule is CCNCC(=O)NCCc1ccc(C(C)(C)C)cc1. The van der Waals surface area contributed by atoms with E-state index in [-0.39, 0.29) is 11.3 Å². The minimum atomic E-state index is 0.0631. The number of nitrogens with one attached hydrogen (secondary N) is 2. The van der Waals surface area contributed by atoms with Crippen LogP contribution >= 0.6 is 0 Å². The van der Waals surface area contributed by atoms with Gasteiger partial charge in [0.2, 0.25) is 5.91 Å². The molecule has 2 N–H and O–H groups in total. The highest BCUT2D eigenvalue weighted by molar-refractivity contribution is 5.77. The number of hydrogen-bond donors (Lipinski definition) is 2. The highest BCUT2D eigenvalue weighted by Gasteiger charge is 2.12. The lowest BCUT2D eigenvalue weighted by Gasteiger charge is -2.19. The van der Waals surface area contributed by atoms with Gasteiger partial charge in [0, 0.05) is 6.54 Å². The maximum atomic E-state index is 11.4. The fourth-order valence-electron chi connectivity index (χ4n) is 1.82. The molecular weight excluding hydrogens is 236 g/mol. The van der Waals surface area contributed by atoms with Crippen molar-refractivity contribution in [1.82, 2.24) is 10.6 Å². The predicted octanol–water partition coefficient (Wildman–Crippen LogP) is 2.25. The zero-order valence-corrected chi connectivity index (χ0v) is 12.5. The molecule has 0 heterocycles. The third-order valence-electron chi connectivity index (χ3n) is 3.09. The number of rotatable bonds is 6. The first kappa shape index (κ1) is 15.7. The van der Waals surface area contributed by atoms with Gasteiger partial charge >= 0.3 is 0 Å². The third kappa shape index (κ3) is 5.88. The van der Waals surface area contributed by atoms with Crippen molar-refractivity contribution in [3.8, 4) is 0 Å². The van der Waals surface area contributed by atoms with Gasteiger partial charge in [-0.05, 0) is 29.5 Å². The molecule has 0 spiro atoms. The maximum Gasteiger partial charge on any atom is 0.233 e. The van der Waals surface area contributed by atoms with Crippen molar-refractivity contribution in [3.05, 3.63) is 35.4 Å². The lowest BCUT2D eigenvalue weighted by atomic mass is 9.86.